The number of carbonyl (C=O) groups excluding carboxylic acids is 1. The van der Waals surface area contributed by atoms with Gasteiger partial charge in [0.25, 0.3) is 5.91 Å². The molecule has 2 aromatic carbocycles. The van der Waals surface area contributed by atoms with E-state index in [1.54, 1.807) is 29.8 Å². The molecule has 1 N–H and O–H groups in total. The molecule has 6 heteroatoms. The highest BCUT2D eigenvalue weighted by Crippen LogP contribution is 2.42. The van der Waals surface area contributed by atoms with Gasteiger partial charge in [0.2, 0.25) is 0 Å². The number of fused-ring (bicyclic) bond motifs is 2. The van der Waals surface area contributed by atoms with E-state index in [0.29, 0.717) is 17.9 Å². The number of hydrogen-bond donors (Lipinski definition) is 1. The predicted molar refractivity (Wildman–Crippen MR) is 107 cm³/mol. The van der Waals surface area contributed by atoms with E-state index in [-0.39, 0.29) is 5.91 Å². The molecule has 1 aromatic heterocycles. The monoisotopic (exact) mass is 372 g/mol. The van der Waals surface area contributed by atoms with Crippen LogP contribution in [0.5, 0.6) is 0 Å². The Morgan fingerprint density at radius 2 is 2.00 bits per heavy atom. The Hall–Kier alpha value is -3.30. The van der Waals surface area contributed by atoms with Crippen molar-refractivity contribution in [3.05, 3.63) is 66.4 Å². The second-order valence-electron chi connectivity index (χ2n) is 5.83. The van der Waals surface area contributed by atoms with E-state index in [2.05, 4.69) is 27.4 Å². The van der Waals surface area contributed by atoms with Crippen molar-refractivity contribution in [2.75, 3.05) is 16.8 Å². The van der Waals surface area contributed by atoms with Crippen molar-refractivity contribution >= 4 is 34.9 Å². The van der Waals surface area contributed by atoms with Crippen molar-refractivity contribution in [1.29, 1.82) is 0 Å². The first-order valence-corrected chi connectivity index (χ1v) is 9.25. The third-order valence-electron chi connectivity index (χ3n) is 4.09. The Morgan fingerprint density at radius 3 is 2.81 bits per heavy atom. The standard InChI is InChI=1S/C21H16N4OS/c1-2-3-13-25-17-11-10-15(23-20-9-6-12-22-24-20)14-19(17)27-18-8-5-4-7-16(18)21(25)26/h4-12,14H,13H2,1H3,(H,23,24). The van der Waals surface area contributed by atoms with Crippen LogP contribution in [0.1, 0.15) is 17.3 Å². The Labute approximate surface area is 161 Å². The van der Waals surface area contributed by atoms with E-state index in [0.717, 1.165) is 21.2 Å². The molecule has 0 radical (unpaired) electrons. The lowest BCUT2D eigenvalue weighted by Crippen LogP contribution is -2.31. The molecule has 3 aromatic rings. The maximum atomic E-state index is 13.1. The summed E-state index contributed by atoms with van der Waals surface area (Å²) in [7, 11) is 0. The normalized spacial score (nSPS) is 12.3. The van der Waals surface area contributed by atoms with Gasteiger partial charge in [-0.3, -0.25) is 9.69 Å². The fraction of sp³-hybridized carbons (Fsp3) is 0.0952. The summed E-state index contributed by atoms with van der Waals surface area (Å²) in [4.78, 5) is 16.7. The van der Waals surface area contributed by atoms with Crippen LogP contribution in [0, 0.1) is 11.8 Å². The van der Waals surface area contributed by atoms with Gasteiger partial charge in [0.15, 0.2) is 5.82 Å². The average Bonchev–Trinajstić information content (AvgIpc) is 2.81. The van der Waals surface area contributed by atoms with E-state index in [4.69, 9.17) is 0 Å². The summed E-state index contributed by atoms with van der Waals surface area (Å²) in [6.45, 7) is 2.13. The molecule has 0 bridgehead atoms. The van der Waals surface area contributed by atoms with Crippen molar-refractivity contribution in [2.24, 2.45) is 0 Å². The van der Waals surface area contributed by atoms with E-state index in [1.807, 2.05) is 54.6 Å². The highest BCUT2D eigenvalue weighted by atomic mass is 32.2. The van der Waals surface area contributed by atoms with Crippen molar-refractivity contribution in [3.8, 4) is 11.8 Å². The molecule has 1 aliphatic rings. The average molecular weight is 372 g/mol. The smallest absolute Gasteiger partial charge is 0.260 e. The molecule has 27 heavy (non-hydrogen) atoms. The van der Waals surface area contributed by atoms with Crippen LogP contribution < -0.4 is 10.2 Å². The molecule has 0 saturated heterocycles. The largest absolute Gasteiger partial charge is 0.339 e. The Bertz CT molecular complexity index is 1060. The van der Waals surface area contributed by atoms with Crippen LogP contribution in [0.4, 0.5) is 17.2 Å². The van der Waals surface area contributed by atoms with Crippen LogP contribution in [0.2, 0.25) is 0 Å². The molecule has 0 unspecified atom stereocenters. The molecule has 0 saturated carbocycles. The van der Waals surface area contributed by atoms with Gasteiger partial charge in [0.1, 0.15) is 0 Å². The predicted octanol–water partition coefficient (Wildman–Crippen LogP) is 4.35. The van der Waals surface area contributed by atoms with Gasteiger partial charge in [-0.25, -0.2) is 0 Å². The number of rotatable bonds is 3. The van der Waals surface area contributed by atoms with Crippen LogP contribution in [0.15, 0.2) is 70.6 Å². The molecule has 0 aliphatic carbocycles. The summed E-state index contributed by atoms with van der Waals surface area (Å²) in [5.41, 5.74) is 2.43. The summed E-state index contributed by atoms with van der Waals surface area (Å²) < 4.78 is 0. The zero-order valence-electron chi connectivity index (χ0n) is 14.6. The van der Waals surface area contributed by atoms with Gasteiger partial charge < -0.3 is 5.32 Å². The van der Waals surface area contributed by atoms with Gasteiger partial charge >= 0.3 is 0 Å². The summed E-state index contributed by atoms with van der Waals surface area (Å²) in [6, 6.07) is 17.3. The van der Waals surface area contributed by atoms with E-state index >= 15 is 0 Å². The molecule has 0 atom stereocenters. The molecular weight excluding hydrogens is 356 g/mol. The van der Waals surface area contributed by atoms with Crippen LogP contribution in [0.3, 0.4) is 0 Å². The zero-order chi connectivity index (χ0) is 18.6. The Kier molecular flexibility index (Phi) is 4.77. The number of hydrogen-bond acceptors (Lipinski definition) is 5. The molecule has 5 nitrogen and oxygen atoms in total. The zero-order valence-corrected chi connectivity index (χ0v) is 15.5. The van der Waals surface area contributed by atoms with Crippen molar-refractivity contribution < 1.29 is 4.79 Å². The van der Waals surface area contributed by atoms with Crippen LogP contribution in [0.25, 0.3) is 0 Å². The lowest BCUT2D eigenvalue weighted by atomic mass is 10.1. The Balaban J connectivity index is 1.77. The second-order valence-corrected chi connectivity index (χ2v) is 6.92. The van der Waals surface area contributed by atoms with Gasteiger partial charge in [-0.15, -0.1) is 11.0 Å². The lowest BCUT2D eigenvalue weighted by Gasteiger charge is -2.21. The first-order valence-electron chi connectivity index (χ1n) is 8.43. The van der Waals surface area contributed by atoms with Gasteiger partial charge in [-0.2, -0.15) is 5.10 Å². The highest BCUT2D eigenvalue weighted by Gasteiger charge is 2.26. The summed E-state index contributed by atoms with van der Waals surface area (Å²) in [5, 5.41) is 11.2. The SMILES string of the molecule is CC#CCN1C(=O)c2ccccc2Sc2cc(Nc3cccnn3)ccc21. The molecule has 0 spiro atoms. The fourth-order valence-electron chi connectivity index (χ4n) is 2.83. The van der Waals surface area contributed by atoms with Gasteiger partial charge in [0.05, 0.1) is 17.8 Å². The number of aromatic nitrogens is 2. The molecule has 0 fully saturated rings. The van der Waals surface area contributed by atoms with E-state index in [9.17, 15) is 4.79 Å². The molecule has 1 amide bonds. The van der Waals surface area contributed by atoms with Crippen LogP contribution >= 0.6 is 11.8 Å². The minimum Gasteiger partial charge on any atom is -0.339 e. The molecular formula is C21H16N4OS. The second kappa shape index (κ2) is 7.52. The number of amides is 1. The number of anilines is 3. The number of nitrogens with zero attached hydrogens (tertiary/aromatic N) is 3. The van der Waals surface area contributed by atoms with Gasteiger partial charge in [-0.1, -0.05) is 29.8 Å². The number of nitrogens with one attached hydrogen (secondary N) is 1. The third kappa shape index (κ3) is 3.50. The maximum absolute atomic E-state index is 13.1. The Morgan fingerprint density at radius 1 is 1.11 bits per heavy atom. The van der Waals surface area contributed by atoms with Crippen molar-refractivity contribution in [2.45, 2.75) is 16.7 Å². The van der Waals surface area contributed by atoms with Crippen LogP contribution in [-0.4, -0.2) is 22.6 Å². The topological polar surface area (TPSA) is 58.1 Å². The first kappa shape index (κ1) is 17.1. The molecule has 132 valence electrons. The summed E-state index contributed by atoms with van der Waals surface area (Å²) >= 11 is 1.58. The third-order valence-corrected chi connectivity index (χ3v) is 5.21. The quantitative estimate of drug-likeness (QED) is 0.693. The first-order chi connectivity index (χ1) is 13.3. The lowest BCUT2D eigenvalue weighted by molar-refractivity contribution is 0.0987. The minimum absolute atomic E-state index is 0.0331. The van der Waals surface area contributed by atoms with Crippen molar-refractivity contribution in [3.63, 3.8) is 0 Å². The maximum Gasteiger partial charge on any atom is 0.260 e. The fourth-order valence-corrected chi connectivity index (χ4v) is 3.95. The van der Waals surface area contributed by atoms with Gasteiger partial charge in [0, 0.05) is 21.7 Å². The molecule has 4 rings (SSSR count). The summed E-state index contributed by atoms with van der Waals surface area (Å²) in [5.74, 6) is 6.53. The van der Waals surface area contributed by atoms with Crippen LogP contribution in [-0.2, 0) is 0 Å². The minimum atomic E-state index is -0.0331. The van der Waals surface area contributed by atoms with Gasteiger partial charge in [-0.05, 0) is 49.4 Å². The summed E-state index contributed by atoms with van der Waals surface area (Å²) in [6.07, 6.45) is 1.63. The number of benzene rings is 2. The van der Waals surface area contributed by atoms with E-state index in [1.165, 1.54) is 0 Å². The van der Waals surface area contributed by atoms with Crippen molar-refractivity contribution in [1.82, 2.24) is 10.2 Å². The van der Waals surface area contributed by atoms with E-state index < -0.39 is 0 Å². The molecule has 1 aliphatic heterocycles. The number of carbonyl (C=O) groups is 1. The highest BCUT2D eigenvalue weighted by molar-refractivity contribution is 7.99. The molecule has 2 heterocycles.